The zero-order chi connectivity index (χ0) is 11.3. The van der Waals surface area contributed by atoms with Crippen LogP contribution in [0, 0.1) is 5.82 Å². The van der Waals surface area contributed by atoms with Crippen molar-refractivity contribution in [2.75, 3.05) is 25.4 Å². The van der Waals surface area contributed by atoms with Gasteiger partial charge in [-0.3, -0.25) is 0 Å². The summed E-state index contributed by atoms with van der Waals surface area (Å²) in [6, 6.07) is 4.62. The van der Waals surface area contributed by atoms with Gasteiger partial charge in [0.25, 0.3) is 0 Å². The number of nitrogen functional groups attached to an aromatic ring is 1. The Hall–Kier alpha value is -1.09. The molecule has 0 saturated carbocycles. The lowest BCUT2D eigenvalue weighted by molar-refractivity contribution is 0.308. The van der Waals surface area contributed by atoms with E-state index in [2.05, 4.69) is 18.7 Å². The normalized spacial score (nSPS) is 10.9. The van der Waals surface area contributed by atoms with Crippen molar-refractivity contribution in [3.8, 4) is 0 Å². The molecule has 15 heavy (non-hydrogen) atoms. The predicted molar refractivity (Wildman–Crippen MR) is 62.3 cm³/mol. The van der Waals surface area contributed by atoms with Gasteiger partial charge in [0.05, 0.1) is 0 Å². The summed E-state index contributed by atoms with van der Waals surface area (Å²) in [5, 5.41) is 0. The lowest BCUT2D eigenvalue weighted by atomic mass is 10.1. The molecule has 0 aliphatic carbocycles. The Labute approximate surface area is 90.9 Å². The highest BCUT2D eigenvalue weighted by Crippen LogP contribution is 2.14. The molecule has 2 N–H and O–H groups in total. The lowest BCUT2D eigenvalue weighted by Gasteiger charge is -2.18. The molecule has 0 heterocycles. The average Bonchev–Trinajstić information content (AvgIpc) is 2.22. The van der Waals surface area contributed by atoms with Crippen molar-refractivity contribution in [3.05, 3.63) is 29.6 Å². The Morgan fingerprint density at radius 1 is 1.27 bits per heavy atom. The number of benzene rings is 1. The van der Waals surface area contributed by atoms with Crippen LogP contribution >= 0.6 is 0 Å². The van der Waals surface area contributed by atoms with Gasteiger partial charge in [-0.05, 0) is 37.2 Å². The van der Waals surface area contributed by atoms with Gasteiger partial charge >= 0.3 is 0 Å². The minimum atomic E-state index is -0.265. The summed E-state index contributed by atoms with van der Waals surface area (Å²) in [7, 11) is 0. The van der Waals surface area contributed by atoms with Crippen LogP contribution in [0.3, 0.4) is 0 Å². The Morgan fingerprint density at radius 3 is 2.47 bits per heavy atom. The average molecular weight is 210 g/mol. The second-order valence-electron chi connectivity index (χ2n) is 3.62. The van der Waals surface area contributed by atoms with E-state index >= 15 is 0 Å². The van der Waals surface area contributed by atoms with E-state index in [4.69, 9.17) is 5.73 Å². The van der Waals surface area contributed by atoms with E-state index in [0.717, 1.165) is 31.6 Å². The van der Waals surface area contributed by atoms with Gasteiger partial charge in [-0.1, -0.05) is 19.9 Å². The number of halogens is 1. The molecule has 0 bridgehead atoms. The topological polar surface area (TPSA) is 29.3 Å². The molecule has 0 unspecified atom stereocenters. The van der Waals surface area contributed by atoms with E-state index in [1.54, 1.807) is 6.07 Å². The first kappa shape index (κ1) is 12.0. The smallest absolute Gasteiger partial charge is 0.125 e. The molecule has 1 aromatic rings. The summed E-state index contributed by atoms with van der Waals surface area (Å²) >= 11 is 0. The predicted octanol–water partition coefficient (Wildman–Crippen LogP) is 2.29. The molecule has 1 aromatic carbocycles. The van der Waals surface area contributed by atoms with E-state index in [1.807, 2.05) is 0 Å². The number of hydrogen-bond acceptors (Lipinski definition) is 2. The van der Waals surface area contributed by atoms with Crippen molar-refractivity contribution in [2.45, 2.75) is 20.3 Å². The fourth-order valence-electron chi connectivity index (χ4n) is 1.61. The van der Waals surface area contributed by atoms with Crippen molar-refractivity contribution >= 4 is 5.69 Å². The molecular weight excluding hydrogens is 191 g/mol. The highest BCUT2D eigenvalue weighted by molar-refractivity contribution is 5.46. The van der Waals surface area contributed by atoms with Crippen LogP contribution in [-0.4, -0.2) is 24.5 Å². The highest BCUT2D eigenvalue weighted by Gasteiger charge is 2.03. The van der Waals surface area contributed by atoms with Crippen molar-refractivity contribution in [1.29, 1.82) is 0 Å². The Balaban J connectivity index is 2.57. The van der Waals surface area contributed by atoms with E-state index in [9.17, 15) is 4.39 Å². The highest BCUT2D eigenvalue weighted by atomic mass is 19.1. The van der Waals surface area contributed by atoms with Gasteiger partial charge < -0.3 is 10.6 Å². The van der Waals surface area contributed by atoms with Crippen LogP contribution in [0.5, 0.6) is 0 Å². The maximum Gasteiger partial charge on any atom is 0.125 e. The summed E-state index contributed by atoms with van der Waals surface area (Å²) in [6.45, 7) is 7.33. The molecule has 0 fully saturated rings. The molecule has 2 nitrogen and oxygen atoms in total. The summed E-state index contributed by atoms with van der Waals surface area (Å²) in [5.74, 6) is -0.265. The molecule has 0 aliphatic heterocycles. The largest absolute Gasteiger partial charge is 0.398 e. The fourth-order valence-corrected chi connectivity index (χ4v) is 1.61. The van der Waals surface area contributed by atoms with Crippen molar-refractivity contribution in [1.82, 2.24) is 4.90 Å². The molecule has 0 amide bonds. The molecule has 0 radical (unpaired) electrons. The monoisotopic (exact) mass is 210 g/mol. The standard InChI is InChI=1S/C12H19FN2/c1-3-15(4-2)8-7-10-5-6-11(13)9-12(10)14/h5-6,9H,3-4,7-8,14H2,1-2H3. The number of nitrogens with zero attached hydrogens (tertiary/aromatic N) is 1. The molecule has 0 aliphatic rings. The van der Waals surface area contributed by atoms with Gasteiger partial charge in [-0.25, -0.2) is 4.39 Å². The van der Waals surface area contributed by atoms with Crippen molar-refractivity contribution in [3.63, 3.8) is 0 Å². The third-order valence-corrected chi connectivity index (χ3v) is 2.70. The van der Waals surface area contributed by atoms with E-state index in [0.29, 0.717) is 5.69 Å². The van der Waals surface area contributed by atoms with Gasteiger partial charge in [0.2, 0.25) is 0 Å². The SMILES string of the molecule is CCN(CC)CCc1ccc(F)cc1N. The molecule has 0 saturated heterocycles. The van der Waals surface area contributed by atoms with Gasteiger partial charge in [0, 0.05) is 12.2 Å². The lowest BCUT2D eigenvalue weighted by Crippen LogP contribution is -2.25. The maximum atomic E-state index is 12.8. The van der Waals surface area contributed by atoms with Gasteiger partial charge in [-0.15, -0.1) is 0 Å². The molecule has 0 aromatic heterocycles. The minimum Gasteiger partial charge on any atom is -0.398 e. The van der Waals surface area contributed by atoms with E-state index < -0.39 is 0 Å². The van der Waals surface area contributed by atoms with Gasteiger partial charge in [0.15, 0.2) is 0 Å². The van der Waals surface area contributed by atoms with Crippen LogP contribution in [-0.2, 0) is 6.42 Å². The summed E-state index contributed by atoms with van der Waals surface area (Å²) in [4.78, 5) is 2.32. The van der Waals surface area contributed by atoms with Crippen LogP contribution in [0.1, 0.15) is 19.4 Å². The first-order valence-corrected chi connectivity index (χ1v) is 5.43. The number of hydrogen-bond donors (Lipinski definition) is 1. The van der Waals surface area contributed by atoms with Crippen molar-refractivity contribution < 1.29 is 4.39 Å². The molecule has 0 spiro atoms. The van der Waals surface area contributed by atoms with Crippen LogP contribution in [0.15, 0.2) is 18.2 Å². The summed E-state index contributed by atoms with van der Waals surface area (Å²) in [6.07, 6.45) is 0.883. The van der Waals surface area contributed by atoms with Crippen LogP contribution in [0.25, 0.3) is 0 Å². The minimum absolute atomic E-state index is 0.265. The second kappa shape index (κ2) is 5.71. The third kappa shape index (κ3) is 3.51. The maximum absolute atomic E-state index is 12.8. The zero-order valence-electron chi connectivity index (χ0n) is 9.46. The number of rotatable bonds is 5. The third-order valence-electron chi connectivity index (χ3n) is 2.70. The van der Waals surface area contributed by atoms with Crippen LogP contribution in [0.4, 0.5) is 10.1 Å². The van der Waals surface area contributed by atoms with E-state index in [1.165, 1.54) is 12.1 Å². The Morgan fingerprint density at radius 2 is 1.93 bits per heavy atom. The van der Waals surface area contributed by atoms with Gasteiger partial charge in [0.1, 0.15) is 5.82 Å². The summed E-state index contributed by atoms with van der Waals surface area (Å²) < 4.78 is 12.8. The van der Waals surface area contributed by atoms with Crippen LogP contribution in [0.2, 0.25) is 0 Å². The fraction of sp³-hybridized carbons (Fsp3) is 0.500. The molecule has 1 rings (SSSR count). The van der Waals surface area contributed by atoms with Crippen LogP contribution < -0.4 is 5.73 Å². The second-order valence-corrected chi connectivity index (χ2v) is 3.62. The summed E-state index contributed by atoms with van der Waals surface area (Å²) in [5.41, 5.74) is 7.32. The molecule has 0 atom stereocenters. The number of likely N-dealkylation sites (N-methyl/N-ethyl adjacent to an activating group) is 1. The first-order valence-electron chi connectivity index (χ1n) is 5.43. The van der Waals surface area contributed by atoms with Crippen molar-refractivity contribution in [2.24, 2.45) is 0 Å². The quantitative estimate of drug-likeness (QED) is 0.755. The Kier molecular flexibility index (Phi) is 4.56. The van der Waals surface area contributed by atoms with E-state index in [-0.39, 0.29) is 5.82 Å². The Bertz CT molecular complexity index is 308. The first-order chi connectivity index (χ1) is 7.17. The zero-order valence-corrected chi connectivity index (χ0v) is 9.46. The van der Waals surface area contributed by atoms with Gasteiger partial charge in [-0.2, -0.15) is 0 Å². The number of anilines is 1. The number of nitrogens with two attached hydrogens (primary N) is 1. The molecule has 3 heteroatoms. The molecule has 84 valence electrons. The molecular formula is C12H19FN2.